The van der Waals surface area contributed by atoms with Crippen molar-refractivity contribution in [3.63, 3.8) is 0 Å². The smallest absolute Gasteiger partial charge is 0.348 e. The minimum Gasteiger partial charge on any atom is -0.465 e. The lowest BCUT2D eigenvalue weighted by atomic mass is 10.1. The average Bonchev–Trinajstić information content (AvgIpc) is 2.80. The largest absolute Gasteiger partial charge is 0.465 e. The molecule has 1 aromatic rings. The molecular formula is C14H19NO7S2. The third-order valence-corrected chi connectivity index (χ3v) is 5.30. The van der Waals surface area contributed by atoms with Gasteiger partial charge in [-0.1, -0.05) is 0 Å². The Morgan fingerprint density at radius 3 is 2.21 bits per heavy atom. The molecule has 0 aromatic carbocycles. The van der Waals surface area contributed by atoms with E-state index in [-0.39, 0.29) is 34.0 Å². The van der Waals surface area contributed by atoms with Crippen molar-refractivity contribution in [2.75, 3.05) is 31.5 Å². The molecule has 0 fully saturated rings. The van der Waals surface area contributed by atoms with E-state index < -0.39 is 27.7 Å². The van der Waals surface area contributed by atoms with Gasteiger partial charge >= 0.3 is 11.9 Å². The molecule has 0 spiro atoms. The Bertz CT molecular complexity index is 749. The van der Waals surface area contributed by atoms with Crippen LogP contribution in [-0.4, -0.2) is 52.5 Å². The molecule has 0 saturated heterocycles. The van der Waals surface area contributed by atoms with Crippen molar-refractivity contribution in [3.05, 3.63) is 16.0 Å². The number of methoxy groups -OCH3 is 2. The summed E-state index contributed by atoms with van der Waals surface area (Å²) in [5.74, 6) is -1.88. The highest BCUT2D eigenvalue weighted by molar-refractivity contribution is 7.90. The topological polar surface area (TPSA) is 116 Å². The second-order valence-corrected chi connectivity index (χ2v) is 8.31. The van der Waals surface area contributed by atoms with Crippen LogP contribution in [0.15, 0.2) is 0 Å². The Morgan fingerprint density at radius 1 is 1.12 bits per heavy atom. The van der Waals surface area contributed by atoms with Crippen molar-refractivity contribution in [3.8, 4) is 0 Å². The molecule has 1 N–H and O–H groups in total. The molecule has 1 heterocycles. The summed E-state index contributed by atoms with van der Waals surface area (Å²) in [7, 11) is -0.748. The first-order valence-electron chi connectivity index (χ1n) is 6.88. The number of sulfone groups is 1. The molecule has 0 radical (unpaired) electrons. The second kappa shape index (κ2) is 8.25. The van der Waals surface area contributed by atoms with Gasteiger partial charge in [-0.3, -0.25) is 4.79 Å². The molecule has 1 rings (SSSR count). The van der Waals surface area contributed by atoms with Gasteiger partial charge in [0.25, 0.3) is 0 Å². The van der Waals surface area contributed by atoms with E-state index in [1.54, 1.807) is 6.92 Å². The molecule has 0 unspecified atom stereocenters. The summed E-state index contributed by atoms with van der Waals surface area (Å²) in [5.41, 5.74) is 0.435. The van der Waals surface area contributed by atoms with Gasteiger partial charge in [-0.15, -0.1) is 11.3 Å². The zero-order valence-electron chi connectivity index (χ0n) is 13.8. The van der Waals surface area contributed by atoms with Gasteiger partial charge in [-0.25, -0.2) is 18.0 Å². The number of amides is 1. The number of anilines is 1. The van der Waals surface area contributed by atoms with Crippen LogP contribution in [0.5, 0.6) is 0 Å². The monoisotopic (exact) mass is 377 g/mol. The van der Waals surface area contributed by atoms with Crippen LogP contribution < -0.4 is 5.32 Å². The molecule has 1 amide bonds. The SMILES string of the molecule is COC(=O)c1sc(NC(=O)CCCS(C)(=O)=O)c(C(=O)OC)c1C. The molecule has 0 aliphatic heterocycles. The predicted molar refractivity (Wildman–Crippen MR) is 89.3 cm³/mol. The Labute approximate surface area is 144 Å². The average molecular weight is 377 g/mol. The van der Waals surface area contributed by atoms with E-state index in [0.29, 0.717) is 5.56 Å². The van der Waals surface area contributed by atoms with Gasteiger partial charge in [0.1, 0.15) is 19.7 Å². The fourth-order valence-electron chi connectivity index (χ4n) is 1.92. The molecule has 10 heteroatoms. The van der Waals surface area contributed by atoms with Gasteiger partial charge < -0.3 is 14.8 Å². The molecule has 1 aromatic heterocycles. The molecule has 0 aliphatic rings. The van der Waals surface area contributed by atoms with Crippen LogP contribution in [0, 0.1) is 6.92 Å². The minimum atomic E-state index is -3.15. The molecule has 8 nitrogen and oxygen atoms in total. The summed E-state index contributed by atoms with van der Waals surface area (Å²) in [6.45, 7) is 1.55. The Hall–Kier alpha value is -1.94. The van der Waals surface area contributed by atoms with Crippen molar-refractivity contribution in [2.45, 2.75) is 19.8 Å². The quantitative estimate of drug-likeness (QED) is 0.714. The van der Waals surface area contributed by atoms with Crippen LogP contribution in [0.25, 0.3) is 0 Å². The number of hydrogen-bond acceptors (Lipinski definition) is 8. The van der Waals surface area contributed by atoms with E-state index in [1.165, 1.54) is 14.2 Å². The Morgan fingerprint density at radius 2 is 1.71 bits per heavy atom. The zero-order valence-corrected chi connectivity index (χ0v) is 15.4. The first kappa shape index (κ1) is 20.1. The molecule has 24 heavy (non-hydrogen) atoms. The van der Waals surface area contributed by atoms with Crippen LogP contribution in [0.1, 0.15) is 38.4 Å². The van der Waals surface area contributed by atoms with Gasteiger partial charge in [0.15, 0.2) is 0 Å². The van der Waals surface area contributed by atoms with E-state index in [9.17, 15) is 22.8 Å². The Kier molecular flexibility index (Phi) is 6.91. The highest BCUT2D eigenvalue weighted by atomic mass is 32.2. The number of esters is 2. The van der Waals surface area contributed by atoms with Gasteiger partial charge in [0, 0.05) is 12.7 Å². The van der Waals surface area contributed by atoms with E-state index in [2.05, 4.69) is 14.8 Å². The van der Waals surface area contributed by atoms with Gasteiger partial charge in [-0.05, 0) is 18.9 Å². The number of rotatable bonds is 7. The normalized spacial score (nSPS) is 11.0. The second-order valence-electron chi connectivity index (χ2n) is 5.03. The summed E-state index contributed by atoms with van der Waals surface area (Å²) in [6, 6.07) is 0. The highest BCUT2D eigenvalue weighted by Gasteiger charge is 2.26. The molecule has 134 valence electrons. The summed E-state index contributed by atoms with van der Waals surface area (Å²) in [4.78, 5) is 35.8. The first-order valence-corrected chi connectivity index (χ1v) is 9.76. The number of hydrogen-bond donors (Lipinski definition) is 1. The number of carbonyl (C=O) groups excluding carboxylic acids is 3. The molecular weight excluding hydrogens is 358 g/mol. The van der Waals surface area contributed by atoms with E-state index in [4.69, 9.17) is 0 Å². The maximum atomic E-state index is 12.0. The van der Waals surface area contributed by atoms with Crippen molar-refractivity contribution in [1.82, 2.24) is 0 Å². The summed E-state index contributed by atoms with van der Waals surface area (Å²) in [6.07, 6.45) is 1.22. The van der Waals surface area contributed by atoms with Crippen LogP contribution in [0.2, 0.25) is 0 Å². The fraction of sp³-hybridized carbons (Fsp3) is 0.500. The summed E-state index contributed by atoms with van der Waals surface area (Å²) < 4.78 is 31.5. The van der Waals surface area contributed by atoms with Crippen LogP contribution >= 0.6 is 11.3 Å². The van der Waals surface area contributed by atoms with Crippen molar-refractivity contribution >= 4 is 44.0 Å². The minimum absolute atomic E-state index is 0.0296. The van der Waals surface area contributed by atoms with Crippen LogP contribution in [0.3, 0.4) is 0 Å². The highest BCUT2D eigenvalue weighted by Crippen LogP contribution is 2.34. The van der Waals surface area contributed by atoms with Gasteiger partial charge in [0.2, 0.25) is 5.91 Å². The maximum Gasteiger partial charge on any atom is 0.348 e. The molecule has 0 saturated carbocycles. The number of nitrogens with one attached hydrogen (secondary N) is 1. The van der Waals surface area contributed by atoms with Crippen LogP contribution in [0.4, 0.5) is 5.00 Å². The zero-order chi connectivity index (χ0) is 18.5. The van der Waals surface area contributed by atoms with Crippen molar-refractivity contribution in [1.29, 1.82) is 0 Å². The predicted octanol–water partition coefficient (Wildman–Crippen LogP) is 1.39. The third kappa shape index (κ3) is 5.31. The fourth-order valence-corrected chi connectivity index (χ4v) is 3.72. The number of ether oxygens (including phenoxy) is 2. The summed E-state index contributed by atoms with van der Waals surface area (Å²) in [5, 5.41) is 2.70. The standard InChI is InChI=1S/C14H19NO7S2/c1-8-10(13(17)21-2)12(23-11(8)14(18)22-3)15-9(16)6-5-7-24(4,19)20/h5-7H2,1-4H3,(H,15,16). The van der Waals surface area contributed by atoms with Gasteiger partial charge in [-0.2, -0.15) is 0 Å². The van der Waals surface area contributed by atoms with E-state index in [1.807, 2.05) is 0 Å². The van der Waals surface area contributed by atoms with Crippen molar-refractivity contribution < 1.29 is 32.3 Å². The lowest BCUT2D eigenvalue weighted by molar-refractivity contribution is -0.116. The lowest BCUT2D eigenvalue weighted by Gasteiger charge is -2.06. The number of thiophene rings is 1. The molecule has 0 aliphatic carbocycles. The summed E-state index contributed by atoms with van der Waals surface area (Å²) >= 11 is 0.904. The Balaban J connectivity index is 2.99. The maximum absolute atomic E-state index is 12.0. The molecule has 0 bridgehead atoms. The first-order chi connectivity index (χ1) is 11.1. The molecule has 0 atom stereocenters. The van der Waals surface area contributed by atoms with Gasteiger partial charge in [0.05, 0.1) is 25.5 Å². The van der Waals surface area contributed by atoms with Crippen molar-refractivity contribution in [2.24, 2.45) is 0 Å². The number of carbonyl (C=O) groups is 3. The van der Waals surface area contributed by atoms with E-state index in [0.717, 1.165) is 17.6 Å². The van der Waals surface area contributed by atoms with Crippen LogP contribution in [-0.2, 0) is 24.1 Å². The lowest BCUT2D eigenvalue weighted by Crippen LogP contribution is -2.15. The third-order valence-electron chi connectivity index (χ3n) is 3.08. The van der Waals surface area contributed by atoms with E-state index >= 15 is 0 Å².